The molecule has 1 aromatic rings. The van der Waals surface area contributed by atoms with Crippen LogP contribution in [-0.4, -0.2) is 7.05 Å². The van der Waals surface area contributed by atoms with Gasteiger partial charge in [-0.05, 0) is 29.0 Å². The van der Waals surface area contributed by atoms with Gasteiger partial charge in [-0.3, -0.25) is 0 Å². The molecule has 12 heavy (non-hydrogen) atoms. The van der Waals surface area contributed by atoms with Crippen molar-refractivity contribution in [1.82, 2.24) is 5.32 Å². The van der Waals surface area contributed by atoms with Gasteiger partial charge in [0, 0.05) is 5.92 Å². The Morgan fingerprint density at radius 3 is 2.67 bits per heavy atom. The highest BCUT2D eigenvalue weighted by Gasteiger charge is 2.11. The molecule has 2 nitrogen and oxygen atoms in total. The van der Waals surface area contributed by atoms with Gasteiger partial charge in [-0.2, -0.15) is 0 Å². The quantitative estimate of drug-likeness (QED) is 0.866. The fraction of sp³-hybridized carbons (Fsp3) is 0.556. The molecule has 0 aliphatic rings. The Bertz CT molecular complexity index is 255. The van der Waals surface area contributed by atoms with E-state index in [0.29, 0.717) is 5.92 Å². The molecular weight excluding hydrogens is 218 g/mol. The Hall–Kier alpha value is -0.280. The smallest absolute Gasteiger partial charge is 0.120 e. The van der Waals surface area contributed by atoms with E-state index in [1.165, 1.54) is 0 Å². The second-order valence-electron chi connectivity index (χ2n) is 3.11. The third-order valence-electron chi connectivity index (χ3n) is 1.64. The van der Waals surface area contributed by atoms with Crippen LogP contribution in [0.15, 0.2) is 15.0 Å². The summed E-state index contributed by atoms with van der Waals surface area (Å²) in [6.45, 7) is 5.02. The standard InChI is InChI=1S/C9H14BrNO/c1-6(2)9-8(10)4-7(12-9)5-11-3/h4,6,11H,5H2,1-3H3. The normalized spacial score (nSPS) is 11.1. The molecule has 0 unspecified atom stereocenters. The van der Waals surface area contributed by atoms with E-state index in [2.05, 4.69) is 35.1 Å². The van der Waals surface area contributed by atoms with E-state index < -0.39 is 0 Å². The van der Waals surface area contributed by atoms with E-state index >= 15 is 0 Å². The summed E-state index contributed by atoms with van der Waals surface area (Å²) in [6, 6.07) is 2.02. The summed E-state index contributed by atoms with van der Waals surface area (Å²) in [5, 5.41) is 3.05. The number of halogens is 1. The van der Waals surface area contributed by atoms with Crippen LogP contribution in [0.4, 0.5) is 0 Å². The van der Waals surface area contributed by atoms with Crippen molar-refractivity contribution in [3.05, 3.63) is 22.1 Å². The molecular formula is C9H14BrNO. The van der Waals surface area contributed by atoms with Gasteiger partial charge in [-0.15, -0.1) is 0 Å². The van der Waals surface area contributed by atoms with Crippen LogP contribution in [-0.2, 0) is 6.54 Å². The average Bonchev–Trinajstić information content (AvgIpc) is 2.32. The molecule has 68 valence electrons. The Balaban J connectivity index is 2.85. The van der Waals surface area contributed by atoms with Gasteiger partial charge in [0.25, 0.3) is 0 Å². The first-order valence-corrected chi connectivity index (χ1v) is 4.87. The molecule has 1 N–H and O–H groups in total. The fourth-order valence-corrected chi connectivity index (χ4v) is 1.88. The first-order valence-electron chi connectivity index (χ1n) is 4.08. The molecule has 0 saturated carbocycles. The predicted molar refractivity (Wildman–Crippen MR) is 53.3 cm³/mol. The molecule has 0 amide bonds. The van der Waals surface area contributed by atoms with Crippen molar-refractivity contribution in [3.63, 3.8) is 0 Å². The molecule has 1 rings (SSSR count). The molecule has 0 fully saturated rings. The summed E-state index contributed by atoms with van der Waals surface area (Å²) in [5.41, 5.74) is 0. The van der Waals surface area contributed by atoms with E-state index in [-0.39, 0.29) is 0 Å². The molecule has 0 spiro atoms. The van der Waals surface area contributed by atoms with Crippen molar-refractivity contribution in [1.29, 1.82) is 0 Å². The highest BCUT2D eigenvalue weighted by molar-refractivity contribution is 9.10. The fourth-order valence-electron chi connectivity index (χ4n) is 1.09. The summed E-state index contributed by atoms with van der Waals surface area (Å²) in [4.78, 5) is 0. The van der Waals surface area contributed by atoms with E-state index in [1.807, 2.05) is 13.1 Å². The zero-order valence-corrected chi connectivity index (χ0v) is 9.23. The molecule has 3 heteroatoms. The van der Waals surface area contributed by atoms with Crippen LogP contribution in [0.3, 0.4) is 0 Å². The second kappa shape index (κ2) is 4.10. The minimum Gasteiger partial charge on any atom is -0.463 e. The van der Waals surface area contributed by atoms with Crippen LogP contribution in [0.25, 0.3) is 0 Å². The highest BCUT2D eigenvalue weighted by Crippen LogP contribution is 2.27. The van der Waals surface area contributed by atoms with Gasteiger partial charge in [0.1, 0.15) is 11.5 Å². The molecule has 0 radical (unpaired) electrons. The minimum atomic E-state index is 0.435. The number of rotatable bonds is 3. The number of hydrogen-bond acceptors (Lipinski definition) is 2. The van der Waals surface area contributed by atoms with E-state index in [9.17, 15) is 0 Å². The van der Waals surface area contributed by atoms with Crippen molar-refractivity contribution in [2.45, 2.75) is 26.3 Å². The van der Waals surface area contributed by atoms with Crippen LogP contribution in [0.1, 0.15) is 31.3 Å². The van der Waals surface area contributed by atoms with Crippen LogP contribution >= 0.6 is 15.9 Å². The lowest BCUT2D eigenvalue weighted by Crippen LogP contribution is -2.03. The van der Waals surface area contributed by atoms with Gasteiger partial charge in [-0.1, -0.05) is 13.8 Å². The second-order valence-corrected chi connectivity index (χ2v) is 3.96. The lowest BCUT2D eigenvalue weighted by molar-refractivity contribution is 0.437. The Morgan fingerprint density at radius 2 is 2.25 bits per heavy atom. The number of hydrogen-bond donors (Lipinski definition) is 1. The van der Waals surface area contributed by atoms with Crippen LogP contribution in [0, 0.1) is 0 Å². The Kier molecular flexibility index (Phi) is 3.35. The Labute approximate surface area is 81.5 Å². The minimum absolute atomic E-state index is 0.435. The maximum absolute atomic E-state index is 5.61. The molecule has 0 bridgehead atoms. The summed E-state index contributed by atoms with van der Waals surface area (Å²) in [7, 11) is 1.91. The van der Waals surface area contributed by atoms with Gasteiger partial charge in [0.15, 0.2) is 0 Å². The van der Waals surface area contributed by atoms with Crippen LogP contribution in [0.5, 0.6) is 0 Å². The van der Waals surface area contributed by atoms with E-state index in [0.717, 1.165) is 22.5 Å². The monoisotopic (exact) mass is 231 g/mol. The van der Waals surface area contributed by atoms with Crippen molar-refractivity contribution in [2.75, 3.05) is 7.05 Å². The topological polar surface area (TPSA) is 25.2 Å². The molecule has 0 aliphatic carbocycles. The molecule has 0 saturated heterocycles. The summed E-state index contributed by atoms with van der Waals surface area (Å²) in [5.74, 6) is 2.44. The number of furan rings is 1. The summed E-state index contributed by atoms with van der Waals surface area (Å²) >= 11 is 3.47. The SMILES string of the molecule is CNCc1cc(Br)c(C(C)C)o1. The van der Waals surface area contributed by atoms with Crippen molar-refractivity contribution >= 4 is 15.9 Å². The molecule has 0 atom stereocenters. The predicted octanol–water partition coefficient (Wildman–Crippen LogP) is 2.88. The van der Waals surface area contributed by atoms with Gasteiger partial charge < -0.3 is 9.73 Å². The van der Waals surface area contributed by atoms with Crippen molar-refractivity contribution < 1.29 is 4.42 Å². The molecule has 0 aromatic carbocycles. The Morgan fingerprint density at radius 1 is 1.58 bits per heavy atom. The third-order valence-corrected chi connectivity index (χ3v) is 2.26. The van der Waals surface area contributed by atoms with Crippen LogP contribution < -0.4 is 5.32 Å². The van der Waals surface area contributed by atoms with Gasteiger partial charge in [0.2, 0.25) is 0 Å². The zero-order chi connectivity index (χ0) is 9.14. The first-order chi connectivity index (χ1) is 5.65. The first kappa shape index (κ1) is 9.81. The zero-order valence-electron chi connectivity index (χ0n) is 7.65. The molecule has 1 aromatic heterocycles. The average molecular weight is 232 g/mol. The summed E-state index contributed by atoms with van der Waals surface area (Å²) < 4.78 is 6.68. The largest absolute Gasteiger partial charge is 0.463 e. The van der Waals surface area contributed by atoms with Gasteiger partial charge in [-0.25, -0.2) is 0 Å². The van der Waals surface area contributed by atoms with E-state index in [1.54, 1.807) is 0 Å². The lowest BCUT2D eigenvalue weighted by Gasteiger charge is -1.99. The molecule has 0 aliphatic heterocycles. The van der Waals surface area contributed by atoms with Gasteiger partial charge in [0.05, 0.1) is 11.0 Å². The van der Waals surface area contributed by atoms with Crippen molar-refractivity contribution in [2.24, 2.45) is 0 Å². The lowest BCUT2D eigenvalue weighted by atomic mass is 10.2. The maximum atomic E-state index is 5.61. The van der Waals surface area contributed by atoms with Crippen molar-refractivity contribution in [3.8, 4) is 0 Å². The third kappa shape index (κ3) is 2.11. The maximum Gasteiger partial charge on any atom is 0.120 e. The highest BCUT2D eigenvalue weighted by atomic mass is 79.9. The number of nitrogens with one attached hydrogen (secondary N) is 1. The van der Waals surface area contributed by atoms with Gasteiger partial charge >= 0.3 is 0 Å². The molecule has 1 heterocycles. The van der Waals surface area contributed by atoms with E-state index in [4.69, 9.17) is 4.42 Å². The summed E-state index contributed by atoms with van der Waals surface area (Å²) in [6.07, 6.45) is 0. The van der Waals surface area contributed by atoms with Crippen LogP contribution in [0.2, 0.25) is 0 Å².